The van der Waals surface area contributed by atoms with Gasteiger partial charge in [0.25, 0.3) is 0 Å². The van der Waals surface area contributed by atoms with Crippen molar-refractivity contribution in [2.24, 2.45) is 5.92 Å². The van der Waals surface area contributed by atoms with Crippen molar-refractivity contribution in [3.05, 3.63) is 29.3 Å². The van der Waals surface area contributed by atoms with Crippen LogP contribution in [0.4, 0.5) is 0 Å². The molecule has 2 aliphatic carbocycles. The van der Waals surface area contributed by atoms with Gasteiger partial charge in [0.15, 0.2) is 0 Å². The van der Waals surface area contributed by atoms with Gasteiger partial charge in [-0.25, -0.2) is 0 Å². The van der Waals surface area contributed by atoms with Crippen LogP contribution in [-0.2, 0) is 11.8 Å². The van der Waals surface area contributed by atoms with E-state index in [0.717, 1.165) is 25.7 Å². The number of nitriles is 1. The van der Waals surface area contributed by atoms with Crippen LogP contribution >= 0.6 is 0 Å². The van der Waals surface area contributed by atoms with E-state index in [1.807, 2.05) is 12.1 Å². The molecule has 2 aliphatic rings. The zero-order valence-corrected chi connectivity index (χ0v) is 8.53. The number of rotatable bonds is 0. The molecule has 1 spiro atoms. The summed E-state index contributed by atoms with van der Waals surface area (Å²) in [5.41, 5.74) is 2.65. The Labute approximate surface area is 89.2 Å². The summed E-state index contributed by atoms with van der Waals surface area (Å²) >= 11 is 0. The summed E-state index contributed by atoms with van der Waals surface area (Å²) in [5.74, 6) is 0.499. The van der Waals surface area contributed by atoms with Gasteiger partial charge in [-0.15, -0.1) is 0 Å². The van der Waals surface area contributed by atoms with Crippen molar-refractivity contribution in [2.75, 3.05) is 0 Å². The predicted molar refractivity (Wildman–Crippen MR) is 56.4 cm³/mol. The fourth-order valence-electron chi connectivity index (χ4n) is 3.19. The first kappa shape index (κ1) is 8.79. The molecule has 1 N–H and O–H groups in total. The molecule has 3 rings (SSSR count). The molecule has 1 fully saturated rings. The molecule has 15 heavy (non-hydrogen) atoms. The van der Waals surface area contributed by atoms with E-state index in [2.05, 4.69) is 6.07 Å². The third kappa shape index (κ3) is 0.982. The predicted octanol–water partition coefficient (Wildman–Crippen LogP) is 2.51. The number of aromatic hydroxyl groups is 1. The fourth-order valence-corrected chi connectivity index (χ4v) is 3.19. The van der Waals surface area contributed by atoms with Gasteiger partial charge in [0.2, 0.25) is 0 Å². The number of phenols is 1. The second kappa shape index (κ2) is 2.76. The Morgan fingerprint density at radius 3 is 2.93 bits per heavy atom. The van der Waals surface area contributed by atoms with E-state index < -0.39 is 0 Å². The van der Waals surface area contributed by atoms with Gasteiger partial charge in [0.05, 0.1) is 12.0 Å². The highest BCUT2D eigenvalue weighted by Crippen LogP contribution is 2.56. The molecule has 1 aromatic rings. The second-order valence-corrected chi connectivity index (χ2v) is 4.72. The minimum absolute atomic E-state index is 0.0861. The zero-order chi connectivity index (χ0) is 10.5. The summed E-state index contributed by atoms with van der Waals surface area (Å²) in [6.45, 7) is 0. The number of hydrogen-bond acceptors (Lipinski definition) is 2. The van der Waals surface area contributed by atoms with Crippen LogP contribution < -0.4 is 0 Å². The van der Waals surface area contributed by atoms with Gasteiger partial charge in [-0.3, -0.25) is 0 Å². The molecule has 0 heterocycles. The summed E-state index contributed by atoms with van der Waals surface area (Å²) in [5, 5.41) is 18.6. The summed E-state index contributed by atoms with van der Waals surface area (Å²) in [6.07, 6.45) is 4.28. The molecule has 1 saturated carbocycles. The first-order valence-electron chi connectivity index (χ1n) is 5.48. The molecule has 0 bridgehead atoms. The van der Waals surface area contributed by atoms with Gasteiger partial charge >= 0.3 is 0 Å². The molecule has 0 aromatic heterocycles. The van der Waals surface area contributed by atoms with Crippen LogP contribution in [-0.4, -0.2) is 5.11 Å². The zero-order valence-electron chi connectivity index (χ0n) is 8.53. The number of hydrogen-bond donors (Lipinski definition) is 1. The third-order valence-electron chi connectivity index (χ3n) is 4.17. The number of nitrogens with zero attached hydrogens (tertiary/aromatic N) is 1. The SMILES string of the molecule is N#C[C@H]1CC[C@]12CCc1ccc(O)cc12. The maximum atomic E-state index is 9.52. The van der Waals surface area contributed by atoms with Gasteiger partial charge in [-0.1, -0.05) is 6.07 Å². The Kier molecular flexibility index (Phi) is 1.62. The van der Waals surface area contributed by atoms with E-state index >= 15 is 0 Å². The molecule has 2 atom stereocenters. The number of aryl methyl sites for hydroxylation is 1. The highest BCUT2D eigenvalue weighted by molar-refractivity contribution is 5.47. The highest BCUT2D eigenvalue weighted by atomic mass is 16.3. The molecular weight excluding hydrogens is 186 g/mol. The molecule has 2 nitrogen and oxygen atoms in total. The molecule has 0 saturated heterocycles. The first-order valence-corrected chi connectivity index (χ1v) is 5.48. The summed E-state index contributed by atoms with van der Waals surface area (Å²) in [7, 11) is 0. The standard InChI is InChI=1S/C13H13NO/c14-8-10-4-6-13(10)5-3-9-1-2-11(15)7-12(9)13/h1-2,7,10,15H,3-6H2/t10-,13-/m1/s1. The van der Waals surface area contributed by atoms with E-state index in [4.69, 9.17) is 5.26 Å². The number of fused-ring (bicyclic) bond motifs is 2. The Balaban J connectivity index is 2.12. The lowest BCUT2D eigenvalue weighted by molar-refractivity contribution is 0.171. The molecule has 0 unspecified atom stereocenters. The maximum absolute atomic E-state index is 9.52. The van der Waals surface area contributed by atoms with Crippen LogP contribution in [0.25, 0.3) is 0 Å². The van der Waals surface area contributed by atoms with Crippen molar-refractivity contribution in [3.63, 3.8) is 0 Å². The van der Waals surface area contributed by atoms with E-state index in [-0.39, 0.29) is 11.3 Å². The minimum atomic E-state index is 0.0861. The van der Waals surface area contributed by atoms with E-state index in [9.17, 15) is 5.11 Å². The quantitative estimate of drug-likeness (QED) is 0.697. The van der Waals surface area contributed by atoms with Crippen molar-refractivity contribution in [3.8, 4) is 11.8 Å². The van der Waals surface area contributed by atoms with E-state index in [1.54, 1.807) is 6.07 Å². The molecular formula is C13H13NO. The molecule has 0 amide bonds. The minimum Gasteiger partial charge on any atom is -0.508 e. The molecule has 1 aromatic carbocycles. The van der Waals surface area contributed by atoms with Crippen molar-refractivity contribution in [1.29, 1.82) is 5.26 Å². The van der Waals surface area contributed by atoms with Gasteiger partial charge < -0.3 is 5.11 Å². The van der Waals surface area contributed by atoms with E-state index in [1.165, 1.54) is 11.1 Å². The van der Waals surface area contributed by atoms with Gasteiger partial charge in [0, 0.05) is 5.41 Å². The topological polar surface area (TPSA) is 44.0 Å². The largest absolute Gasteiger partial charge is 0.508 e. The normalized spacial score (nSPS) is 32.1. The maximum Gasteiger partial charge on any atom is 0.115 e. The Hall–Kier alpha value is -1.49. The molecule has 2 heteroatoms. The van der Waals surface area contributed by atoms with Crippen LogP contribution in [0.15, 0.2) is 18.2 Å². The van der Waals surface area contributed by atoms with Crippen LogP contribution in [0.3, 0.4) is 0 Å². The number of phenolic OH excluding ortho intramolecular Hbond substituents is 1. The van der Waals surface area contributed by atoms with Crippen LogP contribution in [0, 0.1) is 17.2 Å². The Morgan fingerprint density at radius 2 is 2.27 bits per heavy atom. The van der Waals surface area contributed by atoms with E-state index in [0.29, 0.717) is 5.75 Å². The lowest BCUT2D eigenvalue weighted by atomic mass is 9.58. The van der Waals surface area contributed by atoms with Crippen LogP contribution in [0.1, 0.15) is 30.4 Å². The van der Waals surface area contributed by atoms with Gasteiger partial charge in [0.1, 0.15) is 5.75 Å². The van der Waals surface area contributed by atoms with Crippen LogP contribution in [0.2, 0.25) is 0 Å². The monoisotopic (exact) mass is 199 g/mol. The van der Waals surface area contributed by atoms with Crippen molar-refractivity contribution in [1.82, 2.24) is 0 Å². The Morgan fingerprint density at radius 1 is 1.40 bits per heavy atom. The molecule has 76 valence electrons. The van der Waals surface area contributed by atoms with Crippen LogP contribution in [0.5, 0.6) is 5.75 Å². The molecule has 0 radical (unpaired) electrons. The smallest absolute Gasteiger partial charge is 0.115 e. The number of benzene rings is 1. The summed E-state index contributed by atoms with van der Waals surface area (Å²) in [4.78, 5) is 0. The second-order valence-electron chi connectivity index (χ2n) is 4.72. The average molecular weight is 199 g/mol. The van der Waals surface area contributed by atoms with Crippen molar-refractivity contribution in [2.45, 2.75) is 31.1 Å². The van der Waals surface area contributed by atoms with Gasteiger partial charge in [-0.05, 0) is 48.9 Å². The summed E-state index contributed by atoms with van der Waals surface area (Å²) in [6, 6.07) is 8.03. The first-order chi connectivity index (χ1) is 7.26. The summed E-state index contributed by atoms with van der Waals surface area (Å²) < 4.78 is 0. The average Bonchev–Trinajstić information content (AvgIpc) is 2.57. The van der Waals surface area contributed by atoms with Gasteiger partial charge in [-0.2, -0.15) is 5.26 Å². The van der Waals surface area contributed by atoms with Crippen molar-refractivity contribution >= 4 is 0 Å². The third-order valence-corrected chi connectivity index (χ3v) is 4.17. The fraction of sp³-hybridized carbons (Fsp3) is 0.462. The highest BCUT2D eigenvalue weighted by Gasteiger charge is 2.51. The molecule has 0 aliphatic heterocycles. The lowest BCUT2D eigenvalue weighted by Crippen LogP contribution is -2.41. The lowest BCUT2D eigenvalue weighted by Gasteiger charge is -2.44. The Bertz CT molecular complexity index is 460. The van der Waals surface area contributed by atoms with Crippen molar-refractivity contribution < 1.29 is 5.11 Å².